The number of aliphatic hydroxyl groups excluding tert-OH is 5. The van der Waals surface area contributed by atoms with E-state index >= 15 is 0 Å². The molecule has 0 aromatic heterocycles. The van der Waals surface area contributed by atoms with Crippen molar-refractivity contribution < 1.29 is 101 Å². The Hall–Kier alpha value is -1.77. The lowest BCUT2D eigenvalue weighted by Crippen LogP contribution is -2.67. The van der Waals surface area contributed by atoms with Gasteiger partial charge in [0.1, 0.15) is 54.8 Å². The first-order chi connectivity index (χ1) is 42.3. The number of nitrogens with two attached hydrogens (primary N) is 1. The fourth-order valence-corrected chi connectivity index (χ4v) is 12.4. The second-order valence-corrected chi connectivity index (χ2v) is 26.9. The number of phosphoric acid groups is 2. The van der Waals surface area contributed by atoms with E-state index in [0.717, 1.165) is 122 Å². The van der Waals surface area contributed by atoms with E-state index in [1.165, 1.54) is 64.2 Å². The SMILES string of the molecule is CCCCCCCCCCCC(=O)O[C@H](CCCCCCCCCCC)CC(=O)N[C@H]1[C@H](OC[C@H]2O[C@H](OCCOP(=O)(O)OCCCCCCCCN)[C@H](NC(=O)C[C@H](O)CCCCCCCCCCC)[C@@H](O)[C@@H]2O)O[C@H](CO)[C@@H](OP(=O)(O)O)[C@@H]1O. The van der Waals surface area contributed by atoms with Crippen LogP contribution in [0.3, 0.4) is 0 Å². The average molecular weight is 1310 g/mol. The zero-order valence-corrected chi connectivity index (χ0v) is 55.7. The summed E-state index contributed by atoms with van der Waals surface area (Å²) in [6, 6.07) is -3.19. The normalized spacial score (nSPS) is 23.8. The quantitative estimate of drug-likeness (QED) is 0.0153. The molecule has 12 N–H and O–H groups in total. The number of ether oxygens (including phenoxy) is 5. The minimum absolute atomic E-state index is 0.0421. The zero-order chi connectivity index (χ0) is 64.8. The number of carbonyl (C=O) groups excluding carboxylic acids is 3. The van der Waals surface area contributed by atoms with Crippen molar-refractivity contribution in [1.29, 1.82) is 0 Å². The van der Waals surface area contributed by atoms with Gasteiger partial charge in [0.05, 0.1) is 52.0 Å². The van der Waals surface area contributed by atoms with Crippen molar-refractivity contribution >= 4 is 33.4 Å². The van der Waals surface area contributed by atoms with E-state index < -0.39 is 133 Å². The molecule has 24 nitrogen and oxygen atoms in total. The second kappa shape index (κ2) is 50.7. The zero-order valence-electron chi connectivity index (χ0n) is 53.9. The molecule has 0 saturated carbocycles. The Bertz CT molecular complexity index is 1860. The van der Waals surface area contributed by atoms with Gasteiger partial charge >= 0.3 is 21.6 Å². The summed E-state index contributed by atoms with van der Waals surface area (Å²) in [5.41, 5.74) is 5.56. The summed E-state index contributed by atoms with van der Waals surface area (Å²) >= 11 is 0. The molecule has 2 heterocycles. The average Bonchev–Trinajstić information content (AvgIpc) is 1.77. The van der Waals surface area contributed by atoms with Crippen LogP contribution in [0.25, 0.3) is 0 Å². The van der Waals surface area contributed by atoms with Gasteiger partial charge in [-0.3, -0.25) is 28.0 Å². The Balaban J connectivity index is 2.29. The Morgan fingerprint density at radius 3 is 1.49 bits per heavy atom. The molecule has 0 aromatic carbocycles. The Morgan fingerprint density at radius 2 is 0.966 bits per heavy atom. The van der Waals surface area contributed by atoms with E-state index in [9.17, 15) is 63.7 Å². The van der Waals surface area contributed by atoms with Gasteiger partial charge in [0.25, 0.3) is 0 Å². The van der Waals surface area contributed by atoms with Crippen LogP contribution in [0.15, 0.2) is 0 Å². The van der Waals surface area contributed by atoms with Gasteiger partial charge < -0.3 is 80.3 Å². The third-order valence-corrected chi connectivity index (χ3v) is 17.8. The highest BCUT2D eigenvalue weighted by Gasteiger charge is 2.51. The molecule has 0 aromatic rings. The van der Waals surface area contributed by atoms with Gasteiger partial charge in [0.15, 0.2) is 12.6 Å². The maximum absolute atomic E-state index is 14.1. The molecule has 2 saturated heterocycles. The van der Waals surface area contributed by atoms with Gasteiger partial charge in [-0.15, -0.1) is 0 Å². The molecule has 2 fully saturated rings. The number of rotatable bonds is 57. The highest BCUT2D eigenvalue weighted by Crippen LogP contribution is 2.44. The van der Waals surface area contributed by atoms with Gasteiger partial charge in [-0.25, -0.2) is 9.13 Å². The number of hydrogen-bond donors (Lipinski definition) is 11. The Labute approximate surface area is 526 Å². The molecule has 26 heteroatoms. The van der Waals surface area contributed by atoms with Crippen LogP contribution in [0.2, 0.25) is 0 Å². The fraction of sp³-hybridized carbons (Fsp3) is 0.952. The van der Waals surface area contributed by atoms with E-state index in [1.54, 1.807) is 0 Å². The summed E-state index contributed by atoms with van der Waals surface area (Å²) in [6.45, 7) is 4.41. The van der Waals surface area contributed by atoms with Crippen molar-refractivity contribution in [1.82, 2.24) is 10.6 Å². The number of esters is 1. The van der Waals surface area contributed by atoms with E-state index in [-0.39, 0.29) is 25.9 Å². The summed E-state index contributed by atoms with van der Waals surface area (Å²) in [5, 5.41) is 61.3. The van der Waals surface area contributed by atoms with Gasteiger partial charge in [-0.1, -0.05) is 207 Å². The smallest absolute Gasteiger partial charge is 0.462 e. The lowest BCUT2D eigenvalue weighted by atomic mass is 9.95. The van der Waals surface area contributed by atoms with Gasteiger partial charge in [-0.05, 0) is 45.1 Å². The van der Waals surface area contributed by atoms with Crippen LogP contribution in [0.5, 0.6) is 0 Å². The van der Waals surface area contributed by atoms with Crippen molar-refractivity contribution in [3.63, 3.8) is 0 Å². The highest BCUT2D eigenvalue weighted by atomic mass is 31.2. The fourth-order valence-electron chi connectivity index (χ4n) is 11.1. The minimum atomic E-state index is -5.37. The standard InChI is InChI=1S/C62H121N3O21P2/c1-4-7-10-13-16-19-22-27-32-37-48(67)44-52(68)64-55-58(72)57(71)51(85-61(55)79-42-43-82-88(77,78)81-41-36-31-26-25-30-35-40-63)47-80-62-56(59(73)60(50(46-66)84-62)86-87(74,75)76)65-53(69)45-49(38-33-28-23-20-17-14-11-8-5-2)83-54(70)39-34-29-24-21-18-15-12-9-6-3/h48-51,55-62,66-67,71-73H,4-47,63H2,1-3H3,(H,64,68)(H,65,69)(H,77,78)(H2,74,75,76)/t48-,49-,50-,51-,55-,56-,57-,58-,59-,60-,61+,62-/m1/s1. The van der Waals surface area contributed by atoms with Crippen LogP contribution in [0.1, 0.15) is 265 Å². The molecule has 520 valence electrons. The first kappa shape index (κ1) is 82.3. The van der Waals surface area contributed by atoms with Crippen molar-refractivity contribution in [2.75, 3.05) is 39.6 Å². The monoisotopic (exact) mass is 1310 g/mol. The summed E-state index contributed by atoms with van der Waals surface area (Å²) in [7, 11) is -9.92. The number of hydrogen-bond acceptors (Lipinski definition) is 19. The molecular formula is C62H121N3O21P2. The summed E-state index contributed by atoms with van der Waals surface area (Å²) in [6.07, 6.45) is 17.5. The largest absolute Gasteiger partial charge is 0.472 e. The van der Waals surface area contributed by atoms with Crippen LogP contribution in [0.4, 0.5) is 0 Å². The topological polar surface area (TPSA) is 371 Å². The van der Waals surface area contributed by atoms with Crippen molar-refractivity contribution in [2.24, 2.45) is 5.73 Å². The first-order valence-electron chi connectivity index (χ1n) is 34.0. The maximum atomic E-state index is 14.1. The van der Waals surface area contributed by atoms with Gasteiger partial charge in [0.2, 0.25) is 11.8 Å². The third-order valence-electron chi connectivity index (χ3n) is 16.3. The van der Waals surface area contributed by atoms with Gasteiger partial charge in [-0.2, -0.15) is 0 Å². The molecule has 2 rings (SSSR count). The third kappa shape index (κ3) is 39.1. The molecule has 2 aliphatic heterocycles. The summed E-state index contributed by atoms with van der Waals surface area (Å²) in [5.74, 6) is -1.93. The summed E-state index contributed by atoms with van der Waals surface area (Å²) < 4.78 is 70.0. The molecule has 0 spiro atoms. The van der Waals surface area contributed by atoms with Crippen LogP contribution < -0.4 is 16.4 Å². The predicted molar refractivity (Wildman–Crippen MR) is 334 cm³/mol. The minimum Gasteiger partial charge on any atom is -0.462 e. The molecular weight excluding hydrogens is 1180 g/mol. The molecule has 1 unspecified atom stereocenters. The first-order valence-corrected chi connectivity index (χ1v) is 37.0. The predicted octanol–water partition coefficient (Wildman–Crippen LogP) is 9.24. The van der Waals surface area contributed by atoms with Crippen LogP contribution in [-0.2, 0) is 60.8 Å². The Morgan fingerprint density at radius 1 is 0.523 bits per heavy atom. The maximum Gasteiger partial charge on any atom is 0.472 e. The van der Waals surface area contributed by atoms with Crippen molar-refractivity contribution in [3.8, 4) is 0 Å². The van der Waals surface area contributed by atoms with Crippen LogP contribution in [-0.4, -0.2) is 171 Å². The van der Waals surface area contributed by atoms with Gasteiger partial charge in [0, 0.05) is 6.42 Å². The van der Waals surface area contributed by atoms with Crippen LogP contribution in [0, 0.1) is 0 Å². The second-order valence-electron chi connectivity index (χ2n) is 24.2. The summed E-state index contributed by atoms with van der Waals surface area (Å²) in [4.78, 5) is 70.9. The van der Waals surface area contributed by atoms with E-state index in [0.29, 0.717) is 45.1 Å². The van der Waals surface area contributed by atoms with E-state index in [1.807, 2.05) is 0 Å². The number of phosphoric ester groups is 2. The molecule has 0 radical (unpaired) electrons. The Kier molecular flexibility index (Phi) is 47.4. The number of aliphatic hydroxyl groups is 5. The van der Waals surface area contributed by atoms with E-state index in [4.69, 9.17) is 43.0 Å². The van der Waals surface area contributed by atoms with E-state index in [2.05, 4.69) is 31.4 Å². The lowest BCUT2D eigenvalue weighted by molar-refractivity contribution is -0.303. The van der Waals surface area contributed by atoms with Crippen LogP contribution >= 0.6 is 15.6 Å². The van der Waals surface area contributed by atoms with Crippen molar-refractivity contribution in [2.45, 2.75) is 338 Å². The number of nitrogens with one attached hydrogen (secondary N) is 2. The molecule has 2 aliphatic rings. The molecule has 0 bridgehead atoms. The molecule has 88 heavy (non-hydrogen) atoms. The molecule has 13 atom stereocenters. The highest BCUT2D eigenvalue weighted by molar-refractivity contribution is 7.47. The molecule has 0 aliphatic carbocycles. The molecule has 2 amide bonds. The van der Waals surface area contributed by atoms with Crippen molar-refractivity contribution in [3.05, 3.63) is 0 Å². The number of unbranched alkanes of at least 4 members (excludes halogenated alkanes) is 29. The lowest BCUT2D eigenvalue weighted by Gasteiger charge is -2.45. The number of amides is 2. The number of carbonyl (C=O) groups is 3.